The number of ether oxygens (including phenoxy) is 1. The van der Waals surface area contributed by atoms with Gasteiger partial charge in [0, 0.05) is 12.7 Å². The minimum absolute atomic E-state index is 0.220. The Morgan fingerprint density at radius 1 is 1.07 bits per heavy atom. The first-order valence-electron chi connectivity index (χ1n) is 9.57. The van der Waals surface area contributed by atoms with Crippen LogP contribution in [-0.4, -0.2) is 46.8 Å². The minimum atomic E-state index is -0.220. The molecule has 0 atom stereocenters. The molecule has 1 amide bonds. The standard InChI is InChI=1S/C22H26N4O2/c1-3-25(4-2)14-15-28-21-13-9-8-12-20(21)24-22(27)18-16-23-26(17-18)19-10-6-5-7-11-19/h5-13,16-17H,3-4,14-15H2,1-2H3,(H,24,27). The van der Waals surface area contributed by atoms with Crippen LogP contribution in [0.15, 0.2) is 67.0 Å². The lowest BCUT2D eigenvalue weighted by atomic mass is 10.2. The highest BCUT2D eigenvalue weighted by atomic mass is 16.5. The zero-order valence-corrected chi connectivity index (χ0v) is 16.3. The lowest BCUT2D eigenvalue weighted by molar-refractivity contribution is 0.102. The monoisotopic (exact) mass is 378 g/mol. The molecule has 1 heterocycles. The van der Waals surface area contributed by atoms with Crippen molar-refractivity contribution >= 4 is 11.6 Å². The first-order valence-corrected chi connectivity index (χ1v) is 9.57. The van der Waals surface area contributed by atoms with E-state index < -0.39 is 0 Å². The number of aromatic nitrogens is 2. The van der Waals surface area contributed by atoms with Gasteiger partial charge in [-0.1, -0.05) is 44.2 Å². The highest BCUT2D eigenvalue weighted by Gasteiger charge is 2.12. The van der Waals surface area contributed by atoms with Crippen LogP contribution < -0.4 is 10.1 Å². The molecule has 28 heavy (non-hydrogen) atoms. The van der Waals surface area contributed by atoms with Gasteiger partial charge in [0.2, 0.25) is 0 Å². The summed E-state index contributed by atoms with van der Waals surface area (Å²) >= 11 is 0. The van der Waals surface area contributed by atoms with E-state index in [1.165, 1.54) is 0 Å². The first-order chi connectivity index (χ1) is 13.7. The van der Waals surface area contributed by atoms with Gasteiger partial charge in [-0.25, -0.2) is 4.68 Å². The summed E-state index contributed by atoms with van der Waals surface area (Å²) < 4.78 is 7.59. The molecular weight excluding hydrogens is 352 g/mol. The van der Waals surface area contributed by atoms with Crippen molar-refractivity contribution in [3.8, 4) is 11.4 Å². The predicted octanol–water partition coefficient (Wildman–Crippen LogP) is 3.85. The van der Waals surface area contributed by atoms with Crippen LogP contribution in [0.2, 0.25) is 0 Å². The fourth-order valence-electron chi connectivity index (χ4n) is 2.88. The summed E-state index contributed by atoms with van der Waals surface area (Å²) in [7, 11) is 0. The molecule has 6 heteroatoms. The van der Waals surface area contributed by atoms with E-state index in [2.05, 4.69) is 29.2 Å². The molecule has 0 aliphatic rings. The molecule has 6 nitrogen and oxygen atoms in total. The van der Waals surface area contributed by atoms with Gasteiger partial charge in [0.15, 0.2) is 0 Å². The molecule has 0 fully saturated rings. The summed E-state index contributed by atoms with van der Waals surface area (Å²) in [6.07, 6.45) is 3.28. The molecule has 0 saturated heterocycles. The molecule has 1 N–H and O–H groups in total. The molecule has 146 valence electrons. The molecule has 3 rings (SSSR count). The van der Waals surface area contributed by atoms with Crippen LogP contribution in [0.4, 0.5) is 5.69 Å². The average molecular weight is 378 g/mol. The number of rotatable bonds is 9. The third-order valence-corrected chi connectivity index (χ3v) is 4.56. The van der Waals surface area contributed by atoms with E-state index in [0.717, 1.165) is 25.3 Å². The van der Waals surface area contributed by atoms with Gasteiger partial charge in [-0.15, -0.1) is 0 Å². The molecule has 0 aliphatic carbocycles. The lowest BCUT2D eigenvalue weighted by Crippen LogP contribution is -2.28. The number of carbonyl (C=O) groups excluding carboxylic acids is 1. The Hall–Kier alpha value is -3.12. The van der Waals surface area contributed by atoms with Crippen molar-refractivity contribution in [1.29, 1.82) is 0 Å². The number of para-hydroxylation sites is 3. The number of benzene rings is 2. The Labute approximate surface area is 165 Å². The predicted molar refractivity (Wildman–Crippen MR) is 111 cm³/mol. The second kappa shape index (κ2) is 9.71. The molecule has 0 spiro atoms. The minimum Gasteiger partial charge on any atom is -0.490 e. The van der Waals surface area contributed by atoms with E-state index in [9.17, 15) is 4.79 Å². The Morgan fingerprint density at radius 3 is 2.54 bits per heavy atom. The van der Waals surface area contributed by atoms with E-state index >= 15 is 0 Å². The largest absolute Gasteiger partial charge is 0.490 e. The smallest absolute Gasteiger partial charge is 0.258 e. The molecule has 0 saturated carbocycles. The Bertz CT molecular complexity index is 888. The van der Waals surface area contributed by atoms with Crippen molar-refractivity contribution in [3.05, 3.63) is 72.6 Å². The highest BCUT2D eigenvalue weighted by molar-refractivity contribution is 6.04. The highest BCUT2D eigenvalue weighted by Crippen LogP contribution is 2.24. The SMILES string of the molecule is CCN(CC)CCOc1ccccc1NC(=O)c1cnn(-c2ccccc2)c1. The van der Waals surface area contributed by atoms with Crippen LogP contribution in [-0.2, 0) is 0 Å². The normalized spacial score (nSPS) is 10.8. The molecule has 0 aliphatic heterocycles. The molecule has 0 radical (unpaired) electrons. The van der Waals surface area contributed by atoms with Gasteiger partial charge in [0.1, 0.15) is 12.4 Å². The second-order valence-corrected chi connectivity index (χ2v) is 6.33. The van der Waals surface area contributed by atoms with Crippen molar-refractivity contribution in [2.45, 2.75) is 13.8 Å². The zero-order valence-electron chi connectivity index (χ0n) is 16.3. The van der Waals surface area contributed by atoms with Gasteiger partial charge >= 0.3 is 0 Å². The van der Waals surface area contributed by atoms with Crippen molar-refractivity contribution in [2.24, 2.45) is 0 Å². The quantitative estimate of drug-likeness (QED) is 0.614. The zero-order chi connectivity index (χ0) is 19.8. The fraction of sp³-hybridized carbons (Fsp3) is 0.273. The summed E-state index contributed by atoms with van der Waals surface area (Å²) in [5.74, 6) is 0.445. The van der Waals surface area contributed by atoms with Gasteiger partial charge in [-0.2, -0.15) is 5.10 Å². The van der Waals surface area contributed by atoms with Gasteiger partial charge in [-0.05, 0) is 37.4 Å². The Morgan fingerprint density at radius 2 is 1.79 bits per heavy atom. The number of nitrogens with one attached hydrogen (secondary N) is 1. The van der Waals surface area contributed by atoms with Crippen LogP contribution in [0.1, 0.15) is 24.2 Å². The number of anilines is 1. The van der Waals surface area contributed by atoms with E-state index in [4.69, 9.17) is 4.74 Å². The Kier molecular flexibility index (Phi) is 6.81. The van der Waals surface area contributed by atoms with Gasteiger partial charge in [0.05, 0.1) is 23.1 Å². The second-order valence-electron chi connectivity index (χ2n) is 6.33. The van der Waals surface area contributed by atoms with E-state index in [1.54, 1.807) is 17.1 Å². The maximum absolute atomic E-state index is 12.7. The third-order valence-electron chi connectivity index (χ3n) is 4.56. The van der Waals surface area contributed by atoms with Crippen LogP contribution in [0.5, 0.6) is 5.75 Å². The Balaban J connectivity index is 1.65. The number of hydrogen-bond donors (Lipinski definition) is 1. The molecule has 0 bridgehead atoms. The molecular formula is C22H26N4O2. The number of hydrogen-bond acceptors (Lipinski definition) is 4. The summed E-state index contributed by atoms with van der Waals surface area (Å²) in [6.45, 7) is 7.66. The topological polar surface area (TPSA) is 59.4 Å². The maximum Gasteiger partial charge on any atom is 0.258 e. The van der Waals surface area contributed by atoms with Crippen LogP contribution >= 0.6 is 0 Å². The van der Waals surface area contributed by atoms with Crippen molar-refractivity contribution in [2.75, 3.05) is 31.6 Å². The summed E-state index contributed by atoms with van der Waals surface area (Å²) in [5, 5.41) is 7.21. The number of amides is 1. The summed E-state index contributed by atoms with van der Waals surface area (Å²) in [5.41, 5.74) is 2.04. The number of carbonyl (C=O) groups is 1. The van der Waals surface area contributed by atoms with E-state index in [0.29, 0.717) is 23.6 Å². The maximum atomic E-state index is 12.7. The number of likely N-dealkylation sites (N-methyl/N-ethyl adjacent to an activating group) is 1. The molecule has 1 aromatic heterocycles. The van der Waals surface area contributed by atoms with Crippen molar-refractivity contribution < 1.29 is 9.53 Å². The van der Waals surface area contributed by atoms with Crippen LogP contribution in [0.3, 0.4) is 0 Å². The molecule has 2 aromatic carbocycles. The average Bonchev–Trinajstić information content (AvgIpc) is 3.23. The van der Waals surface area contributed by atoms with Gasteiger partial charge in [0.25, 0.3) is 5.91 Å². The van der Waals surface area contributed by atoms with E-state index in [-0.39, 0.29) is 5.91 Å². The number of nitrogens with zero attached hydrogens (tertiary/aromatic N) is 3. The third kappa shape index (κ3) is 4.98. The molecule has 0 unspecified atom stereocenters. The molecule has 3 aromatic rings. The van der Waals surface area contributed by atoms with Crippen LogP contribution in [0.25, 0.3) is 5.69 Å². The van der Waals surface area contributed by atoms with Gasteiger partial charge in [-0.3, -0.25) is 4.79 Å². The summed E-state index contributed by atoms with van der Waals surface area (Å²) in [6, 6.07) is 17.2. The fourth-order valence-corrected chi connectivity index (χ4v) is 2.88. The van der Waals surface area contributed by atoms with Gasteiger partial charge < -0.3 is 15.0 Å². The van der Waals surface area contributed by atoms with Crippen molar-refractivity contribution in [1.82, 2.24) is 14.7 Å². The summed E-state index contributed by atoms with van der Waals surface area (Å²) in [4.78, 5) is 14.9. The van der Waals surface area contributed by atoms with Crippen molar-refractivity contribution in [3.63, 3.8) is 0 Å². The van der Waals surface area contributed by atoms with Crippen LogP contribution in [0, 0.1) is 0 Å². The lowest BCUT2D eigenvalue weighted by Gasteiger charge is -2.19. The first kappa shape index (κ1) is 19.6. The van der Waals surface area contributed by atoms with E-state index in [1.807, 2.05) is 54.6 Å².